The molecule has 0 aliphatic carbocycles. The number of benzene rings is 1. The number of nitrogens with zero attached hydrogens (tertiary/aromatic N) is 2. The van der Waals surface area contributed by atoms with Gasteiger partial charge in [-0.15, -0.1) is 0 Å². The number of thioether (sulfide) groups is 1. The number of hydrogen-bond donors (Lipinski definition) is 1. The van der Waals surface area contributed by atoms with Crippen LogP contribution in [0.5, 0.6) is 0 Å². The van der Waals surface area contributed by atoms with Crippen molar-refractivity contribution >= 4 is 46.2 Å². The van der Waals surface area contributed by atoms with E-state index in [1.165, 1.54) is 16.7 Å². The number of likely N-dealkylation sites (tertiary alicyclic amines) is 1. The highest BCUT2D eigenvalue weighted by atomic mass is 32.2. The first kappa shape index (κ1) is 20.8. The van der Waals surface area contributed by atoms with Gasteiger partial charge in [0, 0.05) is 19.2 Å². The molecule has 7 heteroatoms. The second-order valence-corrected chi connectivity index (χ2v) is 8.48. The third kappa shape index (κ3) is 5.10. The molecule has 2 aliphatic rings. The molecule has 148 valence electrons. The molecule has 0 saturated carbocycles. The number of piperidine rings is 1. The van der Waals surface area contributed by atoms with Crippen molar-refractivity contribution in [1.82, 2.24) is 9.80 Å². The Morgan fingerprint density at radius 2 is 2.07 bits per heavy atom. The maximum absolute atomic E-state index is 12.8. The summed E-state index contributed by atoms with van der Waals surface area (Å²) in [4.78, 5) is 29.2. The van der Waals surface area contributed by atoms with Crippen LogP contribution in [0.4, 0.5) is 0 Å². The van der Waals surface area contributed by atoms with E-state index in [1.807, 2.05) is 42.5 Å². The van der Waals surface area contributed by atoms with Gasteiger partial charge in [0.25, 0.3) is 5.91 Å². The summed E-state index contributed by atoms with van der Waals surface area (Å²) in [5, 5.41) is 9.25. The van der Waals surface area contributed by atoms with E-state index in [2.05, 4.69) is 0 Å². The molecule has 1 unspecified atom stereocenters. The second-order valence-electron chi connectivity index (χ2n) is 6.81. The molecule has 0 bridgehead atoms. The van der Waals surface area contributed by atoms with Crippen LogP contribution in [-0.4, -0.2) is 56.8 Å². The van der Waals surface area contributed by atoms with Crippen LogP contribution in [0.25, 0.3) is 6.08 Å². The number of aliphatic hydroxyl groups is 1. The summed E-state index contributed by atoms with van der Waals surface area (Å²) in [6.07, 6.45) is 8.98. The Kier molecular flexibility index (Phi) is 7.42. The van der Waals surface area contributed by atoms with Gasteiger partial charge in [0.05, 0.1) is 4.91 Å². The lowest BCUT2D eigenvalue weighted by molar-refractivity contribution is -0.138. The minimum atomic E-state index is -0.225. The van der Waals surface area contributed by atoms with Gasteiger partial charge in [-0.1, -0.05) is 66.5 Å². The third-order valence-electron chi connectivity index (χ3n) is 4.91. The Morgan fingerprint density at radius 3 is 2.82 bits per heavy atom. The Bertz CT molecular complexity index is 790. The fourth-order valence-corrected chi connectivity index (χ4v) is 4.67. The fraction of sp³-hybridized carbons (Fsp3) is 0.381. The molecule has 1 N–H and O–H groups in total. The molecule has 2 amide bonds. The molecule has 0 radical (unpaired) electrons. The van der Waals surface area contributed by atoms with Crippen LogP contribution in [0.3, 0.4) is 0 Å². The van der Waals surface area contributed by atoms with E-state index >= 15 is 0 Å². The lowest BCUT2D eigenvalue weighted by atomic mass is 9.99. The van der Waals surface area contributed by atoms with Crippen molar-refractivity contribution in [2.75, 3.05) is 19.7 Å². The predicted octanol–water partition coefficient (Wildman–Crippen LogP) is 3.21. The van der Waals surface area contributed by atoms with Crippen molar-refractivity contribution in [3.63, 3.8) is 0 Å². The third-order valence-corrected chi connectivity index (χ3v) is 6.31. The van der Waals surface area contributed by atoms with Gasteiger partial charge < -0.3 is 10.0 Å². The zero-order valence-corrected chi connectivity index (χ0v) is 17.3. The monoisotopic (exact) mass is 416 g/mol. The van der Waals surface area contributed by atoms with Gasteiger partial charge in [0.1, 0.15) is 10.9 Å². The van der Waals surface area contributed by atoms with Gasteiger partial charge in [-0.05, 0) is 37.3 Å². The fourth-order valence-electron chi connectivity index (χ4n) is 3.47. The predicted molar refractivity (Wildman–Crippen MR) is 117 cm³/mol. The first-order valence-corrected chi connectivity index (χ1v) is 10.7. The van der Waals surface area contributed by atoms with E-state index in [0.717, 1.165) is 24.8 Å². The van der Waals surface area contributed by atoms with Crippen LogP contribution in [0.1, 0.15) is 31.2 Å². The summed E-state index contributed by atoms with van der Waals surface area (Å²) in [7, 11) is 0. The minimum Gasteiger partial charge on any atom is -0.396 e. The minimum absolute atomic E-state index is 0.0354. The van der Waals surface area contributed by atoms with Crippen molar-refractivity contribution in [2.45, 2.75) is 31.7 Å². The van der Waals surface area contributed by atoms with E-state index < -0.39 is 0 Å². The van der Waals surface area contributed by atoms with Gasteiger partial charge in [0.2, 0.25) is 5.91 Å². The lowest BCUT2D eigenvalue weighted by Crippen LogP contribution is -2.49. The van der Waals surface area contributed by atoms with Crippen LogP contribution in [0.15, 0.2) is 47.4 Å². The van der Waals surface area contributed by atoms with E-state index in [1.54, 1.807) is 11.0 Å². The highest BCUT2D eigenvalue weighted by Crippen LogP contribution is 2.31. The summed E-state index contributed by atoms with van der Waals surface area (Å²) in [6, 6.07) is 9.87. The zero-order chi connectivity index (χ0) is 19.9. The van der Waals surface area contributed by atoms with Crippen molar-refractivity contribution in [1.29, 1.82) is 0 Å². The summed E-state index contributed by atoms with van der Waals surface area (Å²) in [5.41, 5.74) is 1.05. The average Bonchev–Trinajstić information content (AvgIpc) is 2.97. The molecular formula is C21H24N2O3S2. The SMILES string of the molecule is O=C1/C(=C/C=C/c2ccccc2)SC(=S)N1CC(=O)N1CCCCC1CCO. The Balaban J connectivity index is 1.64. The van der Waals surface area contributed by atoms with E-state index in [0.29, 0.717) is 22.2 Å². The summed E-state index contributed by atoms with van der Waals surface area (Å²) in [5.74, 6) is -0.327. The summed E-state index contributed by atoms with van der Waals surface area (Å²) >= 11 is 6.55. The highest BCUT2D eigenvalue weighted by molar-refractivity contribution is 8.26. The maximum atomic E-state index is 12.8. The highest BCUT2D eigenvalue weighted by Gasteiger charge is 2.35. The van der Waals surface area contributed by atoms with E-state index in [4.69, 9.17) is 12.2 Å². The van der Waals surface area contributed by atoms with Crippen molar-refractivity contribution in [3.8, 4) is 0 Å². The molecular weight excluding hydrogens is 392 g/mol. The molecule has 28 heavy (non-hydrogen) atoms. The van der Waals surface area contributed by atoms with Crippen molar-refractivity contribution in [2.24, 2.45) is 0 Å². The molecule has 2 aliphatic heterocycles. The number of thiocarbonyl (C=S) groups is 1. The number of hydrogen-bond acceptors (Lipinski definition) is 5. The Hall–Kier alpha value is -1.96. The Morgan fingerprint density at radius 1 is 1.29 bits per heavy atom. The average molecular weight is 417 g/mol. The first-order valence-electron chi connectivity index (χ1n) is 9.47. The number of carbonyl (C=O) groups is 2. The number of carbonyl (C=O) groups excluding carboxylic acids is 2. The molecule has 1 atom stereocenters. The normalized spacial score (nSPS) is 21.9. The first-order chi connectivity index (χ1) is 13.6. The van der Waals surface area contributed by atoms with Crippen LogP contribution >= 0.6 is 24.0 Å². The molecule has 2 fully saturated rings. The largest absolute Gasteiger partial charge is 0.396 e. The molecule has 3 rings (SSSR count). The molecule has 2 saturated heterocycles. The number of amides is 2. The number of aliphatic hydroxyl groups excluding tert-OH is 1. The second kappa shape index (κ2) is 10.0. The summed E-state index contributed by atoms with van der Waals surface area (Å²) in [6.45, 7) is 0.701. The number of allylic oxidation sites excluding steroid dienone is 2. The van der Waals surface area contributed by atoms with Crippen LogP contribution in [0.2, 0.25) is 0 Å². The molecule has 0 spiro atoms. The van der Waals surface area contributed by atoms with E-state index in [9.17, 15) is 14.7 Å². The molecule has 0 aromatic heterocycles. The maximum Gasteiger partial charge on any atom is 0.266 e. The topological polar surface area (TPSA) is 60.9 Å². The van der Waals surface area contributed by atoms with Gasteiger partial charge in [-0.25, -0.2) is 0 Å². The van der Waals surface area contributed by atoms with Crippen molar-refractivity contribution < 1.29 is 14.7 Å². The van der Waals surface area contributed by atoms with Gasteiger partial charge in [0.15, 0.2) is 0 Å². The zero-order valence-electron chi connectivity index (χ0n) is 15.6. The Labute approximate surface area is 175 Å². The van der Waals surface area contributed by atoms with E-state index in [-0.39, 0.29) is 31.0 Å². The van der Waals surface area contributed by atoms with Gasteiger partial charge >= 0.3 is 0 Å². The van der Waals surface area contributed by atoms with Crippen molar-refractivity contribution in [3.05, 3.63) is 53.0 Å². The molecule has 2 heterocycles. The smallest absolute Gasteiger partial charge is 0.266 e. The number of rotatable bonds is 6. The van der Waals surface area contributed by atoms with Gasteiger partial charge in [-0.3, -0.25) is 14.5 Å². The quantitative estimate of drug-likeness (QED) is 0.570. The summed E-state index contributed by atoms with van der Waals surface area (Å²) < 4.78 is 0.411. The lowest BCUT2D eigenvalue weighted by Gasteiger charge is -2.36. The van der Waals surface area contributed by atoms with Gasteiger partial charge in [-0.2, -0.15) is 0 Å². The molecule has 1 aromatic rings. The standard InChI is InChI=1S/C21H24N2O3S2/c24-14-12-17-10-4-5-13-22(17)19(25)15-23-20(26)18(28-21(23)27)11-6-9-16-7-2-1-3-8-16/h1-3,6-9,11,17,24H,4-5,10,12-15H2/b9-6+,18-11-. The van der Waals surface area contributed by atoms with Crippen LogP contribution in [0, 0.1) is 0 Å². The van der Waals surface area contributed by atoms with Crippen LogP contribution < -0.4 is 0 Å². The van der Waals surface area contributed by atoms with Crippen LogP contribution in [-0.2, 0) is 9.59 Å². The molecule has 1 aromatic carbocycles. The molecule has 5 nitrogen and oxygen atoms in total.